The Bertz CT molecular complexity index is 624. The van der Waals surface area contributed by atoms with Gasteiger partial charge in [-0.2, -0.15) is 0 Å². The largest absolute Gasteiger partial charge is 0.348 e. The van der Waals surface area contributed by atoms with Crippen LogP contribution in [0.2, 0.25) is 0 Å². The highest BCUT2D eigenvalue weighted by atomic mass is 79.9. The molecule has 1 amide bonds. The van der Waals surface area contributed by atoms with E-state index in [1.54, 1.807) is 0 Å². The summed E-state index contributed by atoms with van der Waals surface area (Å²) in [5.74, 6) is -0.261. The summed E-state index contributed by atoms with van der Waals surface area (Å²) >= 11 is 3.34. The second-order valence-electron chi connectivity index (χ2n) is 4.11. The molecule has 0 saturated heterocycles. The maximum atomic E-state index is 11.9. The molecule has 102 valence electrons. The molecule has 0 aliphatic carbocycles. The van der Waals surface area contributed by atoms with Crippen molar-refractivity contribution in [3.63, 3.8) is 0 Å². The van der Waals surface area contributed by atoms with Gasteiger partial charge < -0.3 is 5.32 Å². The Morgan fingerprint density at radius 3 is 2.25 bits per heavy atom. The minimum Gasteiger partial charge on any atom is -0.348 e. The summed E-state index contributed by atoms with van der Waals surface area (Å²) in [6.45, 7) is 0.406. The van der Waals surface area contributed by atoms with Crippen molar-refractivity contribution in [2.75, 3.05) is 0 Å². The van der Waals surface area contributed by atoms with Crippen LogP contribution in [0, 0.1) is 10.1 Å². The number of nitrogens with zero attached hydrogens (tertiary/aromatic N) is 1. The quantitative estimate of drug-likeness (QED) is 0.688. The Labute approximate surface area is 123 Å². The summed E-state index contributed by atoms with van der Waals surface area (Å²) in [5.41, 5.74) is 1.34. The average molecular weight is 335 g/mol. The van der Waals surface area contributed by atoms with Crippen molar-refractivity contribution in [3.8, 4) is 0 Å². The van der Waals surface area contributed by atoms with E-state index in [1.807, 2.05) is 24.3 Å². The van der Waals surface area contributed by atoms with Crippen LogP contribution >= 0.6 is 15.9 Å². The van der Waals surface area contributed by atoms with Crippen LogP contribution in [0.4, 0.5) is 5.69 Å². The first-order valence-corrected chi connectivity index (χ1v) is 6.62. The fourth-order valence-electron chi connectivity index (χ4n) is 1.62. The van der Waals surface area contributed by atoms with E-state index in [2.05, 4.69) is 21.2 Å². The molecule has 20 heavy (non-hydrogen) atoms. The number of hydrogen-bond acceptors (Lipinski definition) is 3. The summed E-state index contributed by atoms with van der Waals surface area (Å²) in [6.07, 6.45) is 0. The molecule has 0 bridgehead atoms. The van der Waals surface area contributed by atoms with Gasteiger partial charge in [0.25, 0.3) is 11.6 Å². The lowest BCUT2D eigenvalue weighted by molar-refractivity contribution is -0.384. The molecular formula is C14H11BrN2O3. The lowest BCUT2D eigenvalue weighted by atomic mass is 10.2. The van der Waals surface area contributed by atoms with E-state index in [4.69, 9.17) is 0 Å². The molecule has 5 nitrogen and oxygen atoms in total. The molecule has 2 aromatic carbocycles. The van der Waals surface area contributed by atoms with Gasteiger partial charge in [0.1, 0.15) is 0 Å². The Hall–Kier alpha value is -2.21. The first kappa shape index (κ1) is 14.2. The lowest BCUT2D eigenvalue weighted by Crippen LogP contribution is -2.22. The third-order valence-corrected chi connectivity index (χ3v) is 3.24. The number of nitro groups is 1. The summed E-state index contributed by atoms with van der Waals surface area (Å²) in [5, 5.41) is 13.3. The molecule has 2 rings (SSSR count). The van der Waals surface area contributed by atoms with E-state index in [0.717, 1.165) is 10.0 Å². The minimum atomic E-state index is -0.497. The predicted octanol–water partition coefficient (Wildman–Crippen LogP) is 3.29. The number of non-ortho nitro benzene ring substituents is 1. The predicted molar refractivity (Wildman–Crippen MR) is 78.4 cm³/mol. The molecule has 1 N–H and O–H groups in total. The molecule has 0 unspecified atom stereocenters. The highest BCUT2D eigenvalue weighted by molar-refractivity contribution is 9.10. The molecule has 2 aromatic rings. The van der Waals surface area contributed by atoms with Crippen LogP contribution in [-0.2, 0) is 6.54 Å². The first-order valence-electron chi connectivity index (χ1n) is 5.83. The standard InChI is InChI=1S/C14H11BrN2O3/c15-12-5-1-10(2-6-12)9-16-14(18)11-3-7-13(8-4-11)17(19)20/h1-8H,9H2,(H,16,18). The SMILES string of the molecule is O=C(NCc1ccc(Br)cc1)c1ccc([N+](=O)[O-])cc1. The Morgan fingerprint density at radius 1 is 1.10 bits per heavy atom. The van der Waals surface area contributed by atoms with Gasteiger partial charge >= 0.3 is 0 Å². The second kappa shape index (κ2) is 6.29. The molecule has 0 atom stereocenters. The summed E-state index contributed by atoms with van der Waals surface area (Å²) in [6, 6.07) is 13.1. The van der Waals surface area contributed by atoms with E-state index in [0.29, 0.717) is 12.1 Å². The number of nitro benzene ring substituents is 1. The minimum absolute atomic E-state index is 0.0329. The van der Waals surface area contributed by atoms with E-state index < -0.39 is 4.92 Å². The zero-order valence-corrected chi connectivity index (χ0v) is 12.0. The second-order valence-corrected chi connectivity index (χ2v) is 5.03. The highest BCUT2D eigenvalue weighted by Crippen LogP contribution is 2.13. The van der Waals surface area contributed by atoms with Crippen LogP contribution in [0.5, 0.6) is 0 Å². The molecule has 0 spiro atoms. The number of benzene rings is 2. The van der Waals surface area contributed by atoms with Gasteiger partial charge in [-0.15, -0.1) is 0 Å². The molecule has 0 aliphatic rings. The zero-order chi connectivity index (χ0) is 14.5. The van der Waals surface area contributed by atoms with Crippen molar-refractivity contribution >= 4 is 27.5 Å². The molecule has 0 heterocycles. The van der Waals surface area contributed by atoms with Crippen molar-refractivity contribution in [1.29, 1.82) is 0 Å². The van der Waals surface area contributed by atoms with Gasteiger partial charge in [-0.1, -0.05) is 28.1 Å². The van der Waals surface area contributed by atoms with E-state index in [-0.39, 0.29) is 11.6 Å². The lowest BCUT2D eigenvalue weighted by Gasteiger charge is -2.05. The number of rotatable bonds is 4. The number of amides is 1. The number of hydrogen-bond donors (Lipinski definition) is 1. The third kappa shape index (κ3) is 3.64. The topological polar surface area (TPSA) is 72.2 Å². The van der Waals surface area contributed by atoms with Crippen molar-refractivity contribution in [2.24, 2.45) is 0 Å². The fourth-order valence-corrected chi connectivity index (χ4v) is 1.89. The number of halogens is 1. The van der Waals surface area contributed by atoms with Crippen molar-refractivity contribution < 1.29 is 9.72 Å². The number of nitrogens with one attached hydrogen (secondary N) is 1. The van der Waals surface area contributed by atoms with Gasteiger partial charge in [-0.25, -0.2) is 0 Å². The van der Waals surface area contributed by atoms with Gasteiger partial charge in [-0.3, -0.25) is 14.9 Å². The van der Waals surface area contributed by atoms with E-state index in [1.165, 1.54) is 24.3 Å². The normalized spacial score (nSPS) is 10.1. The highest BCUT2D eigenvalue weighted by Gasteiger charge is 2.09. The van der Waals surface area contributed by atoms with Gasteiger partial charge in [0, 0.05) is 28.7 Å². The van der Waals surface area contributed by atoms with Crippen LogP contribution in [0.1, 0.15) is 15.9 Å². The van der Waals surface area contributed by atoms with E-state index >= 15 is 0 Å². The maximum Gasteiger partial charge on any atom is 0.269 e. The van der Waals surface area contributed by atoms with Crippen LogP contribution in [0.25, 0.3) is 0 Å². The van der Waals surface area contributed by atoms with Crippen LogP contribution in [0.3, 0.4) is 0 Å². The van der Waals surface area contributed by atoms with Crippen LogP contribution in [0.15, 0.2) is 53.0 Å². The molecular weight excluding hydrogens is 324 g/mol. The number of carbonyl (C=O) groups excluding carboxylic acids is 1. The summed E-state index contributed by atoms with van der Waals surface area (Å²) < 4.78 is 0.975. The average Bonchev–Trinajstić information content (AvgIpc) is 2.46. The summed E-state index contributed by atoms with van der Waals surface area (Å²) in [7, 11) is 0. The van der Waals surface area contributed by atoms with Crippen LogP contribution in [-0.4, -0.2) is 10.8 Å². The summed E-state index contributed by atoms with van der Waals surface area (Å²) in [4.78, 5) is 21.9. The van der Waals surface area contributed by atoms with Gasteiger partial charge in [-0.05, 0) is 29.8 Å². The Balaban J connectivity index is 1.97. The molecule has 0 aliphatic heterocycles. The zero-order valence-electron chi connectivity index (χ0n) is 10.4. The fraction of sp³-hybridized carbons (Fsp3) is 0.0714. The van der Waals surface area contributed by atoms with Crippen molar-refractivity contribution in [1.82, 2.24) is 5.32 Å². The van der Waals surface area contributed by atoms with E-state index in [9.17, 15) is 14.9 Å². The van der Waals surface area contributed by atoms with Gasteiger partial charge in [0.05, 0.1) is 4.92 Å². The van der Waals surface area contributed by atoms with Crippen molar-refractivity contribution in [3.05, 3.63) is 74.2 Å². The third-order valence-electron chi connectivity index (χ3n) is 2.71. The molecule has 0 radical (unpaired) electrons. The molecule has 0 saturated carbocycles. The molecule has 6 heteroatoms. The molecule has 0 fully saturated rings. The van der Waals surface area contributed by atoms with Crippen LogP contribution < -0.4 is 5.32 Å². The molecule has 0 aromatic heterocycles. The van der Waals surface area contributed by atoms with Gasteiger partial charge in [0.2, 0.25) is 0 Å². The number of carbonyl (C=O) groups is 1. The van der Waals surface area contributed by atoms with Crippen molar-refractivity contribution in [2.45, 2.75) is 6.54 Å². The van der Waals surface area contributed by atoms with Gasteiger partial charge in [0.15, 0.2) is 0 Å². The smallest absolute Gasteiger partial charge is 0.269 e. The Morgan fingerprint density at radius 2 is 1.70 bits per heavy atom. The first-order chi connectivity index (χ1) is 9.56. The monoisotopic (exact) mass is 334 g/mol. The Kier molecular flexibility index (Phi) is 4.47. The maximum absolute atomic E-state index is 11.9.